The molecule has 0 unspecified atom stereocenters. The molecule has 4 aromatic rings. The predicted octanol–water partition coefficient (Wildman–Crippen LogP) is 2.17. The maximum atomic E-state index is 13.3. The second kappa shape index (κ2) is 8.16. The molecular weight excluding hydrogens is 380 g/mol. The smallest absolute Gasteiger partial charge is 0.336 e. The number of hydrogen-bond donors (Lipinski definition) is 1. The SMILES string of the molecule is Cc1cccc(-n2c(=O)c3ccccc3n(CC(=O)NCc3cccnc3)c2=O)c1. The van der Waals surface area contributed by atoms with Gasteiger partial charge in [-0.15, -0.1) is 0 Å². The normalized spacial score (nSPS) is 10.8. The van der Waals surface area contributed by atoms with Gasteiger partial charge in [-0.3, -0.25) is 19.1 Å². The minimum Gasteiger partial charge on any atom is -0.350 e. The molecule has 0 bridgehead atoms. The minimum absolute atomic E-state index is 0.203. The van der Waals surface area contributed by atoms with E-state index in [0.717, 1.165) is 15.7 Å². The van der Waals surface area contributed by atoms with Crippen LogP contribution in [0.25, 0.3) is 16.6 Å². The van der Waals surface area contributed by atoms with Crippen LogP contribution >= 0.6 is 0 Å². The van der Waals surface area contributed by atoms with Gasteiger partial charge in [-0.05, 0) is 48.4 Å². The molecule has 30 heavy (non-hydrogen) atoms. The van der Waals surface area contributed by atoms with Crippen LogP contribution in [0.4, 0.5) is 0 Å². The number of nitrogens with zero attached hydrogens (tertiary/aromatic N) is 3. The van der Waals surface area contributed by atoms with Gasteiger partial charge in [0, 0.05) is 18.9 Å². The van der Waals surface area contributed by atoms with Gasteiger partial charge in [-0.2, -0.15) is 0 Å². The number of para-hydroxylation sites is 1. The molecule has 7 nitrogen and oxygen atoms in total. The molecule has 0 saturated carbocycles. The molecule has 0 radical (unpaired) electrons. The van der Waals surface area contributed by atoms with Crippen molar-refractivity contribution < 1.29 is 4.79 Å². The fourth-order valence-corrected chi connectivity index (χ4v) is 3.37. The molecule has 0 fully saturated rings. The van der Waals surface area contributed by atoms with Crippen molar-refractivity contribution in [3.63, 3.8) is 0 Å². The van der Waals surface area contributed by atoms with E-state index in [4.69, 9.17) is 0 Å². The summed E-state index contributed by atoms with van der Waals surface area (Å²) >= 11 is 0. The van der Waals surface area contributed by atoms with Gasteiger partial charge in [0.1, 0.15) is 6.54 Å². The van der Waals surface area contributed by atoms with Crippen LogP contribution in [0.1, 0.15) is 11.1 Å². The Hall–Kier alpha value is -4.00. The van der Waals surface area contributed by atoms with E-state index in [1.165, 1.54) is 4.57 Å². The summed E-state index contributed by atoms with van der Waals surface area (Å²) in [4.78, 5) is 42.9. The lowest BCUT2D eigenvalue weighted by atomic mass is 10.2. The van der Waals surface area contributed by atoms with Crippen molar-refractivity contribution >= 4 is 16.8 Å². The summed E-state index contributed by atoms with van der Waals surface area (Å²) in [7, 11) is 0. The van der Waals surface area contributed by atoms with Crippen LogP contribution in [0, 0.1) is 6.92 Å². The Bertz CT molecular complexity index is 1340. The zero-order chi connectivity index (χ0) is 21.1. The number of nitrogens with one attached hydrogen (secondary N) is 1. The summed E-state index contributed by atoms with van der Waals surface area (Å²) in [5.74, 6) is -0.333. The number of amides is 1. The first-order valence-electron chi connectivity index (χ1n) is 9.52. The van der Waals surface area contributed by atoms with Gasteiger partial charge in [0.15, 0.2) is 0 Å². The van der Waals surface area contributed by atoms with E-state index in [1.807, 2.05) is 19.1 Å². The van der Waals surface area contributed by atoms with Crippen LogP contribution in [-0.4, -0.2) is 20.0 Å². The van der Waals surface area contributed by atoms with E-state index in [9.17, 15) is 14.4 Å². The fourth-order valence-electron chi connectivity index (χ4n) is 3.37. The molecular formula is C23H20N4O3. The summed E-state index contributed by atoms with van der Waals surface area (Å²) in [6.45, 7) is 1.99. The quantitative estimate of drug-likeness (QED) is 0.556. The molecule has 4 rings (SSSR count). The highest BCUT2D eigenvalue weighted by molar-refractivity contribution is 5.81. The second-order valence-electron chi connectivity index (χ2n) is 7.00. The summed E-state index contributed by atoms with van der Waals surface area (Å²) in [6.07, 6.45) is 3.32. The highest BCUT2D eigenvalue weighted by Crippen LogP contribution is 2.11. The van der Waals surface area contributed by atoms with E-state index in [2.05, 4.69) is 10.3 Å². The van der Waals surface area contributed by atoms with Crippen LogP contribution in [0.2, 0.25) is 0 Å². The van der Waals surface area contributed by atoms with Gasteiger partial charge in [0.05, 0.1) is 16.6 Å². The summed E-state index contributed by atoms with van der Waals surface area (Å²) in [5.41, 5.74) is 1.71. The van der Waals surface area contributed by atoms with Crippen LogP contribution in [-0.2, 0) is 17.9 Å². The van der Waals surface area contributed by atoms with Gasteiger partial charge in [-0.1, -0.05) is 30.3 Å². The first kappa shape index (κ1) is 19.3. The van der Waals surface area contributed by atoms with Crippen molar-refractivity contribution in [2.45, 2.75) is 20.0 Å². The van der Waals surface area contributed by atoms with E-state index >= 15 is 0 Å². The van der Waals surface area contributed by atoms with Crippen molar-refractivity contribution in [1.29, 1.82) is 0 Å². The Morgan fingerprint density at radius 2 is 1.87 bits per heavy atom. The Morgan fingerprint density at radius 1 is 1.03 bits per heavy atom. The standard InChI is InChI=1S/C23H20N4O3/c1-16-6-4-8-18(12-16)27-22(29)19-9-2-3-10-20(19)26(23(27)30)15-21(28)25-14-17-7-5-11-24-13-17/h2-13H,14-15H2,1H3,(H,25,28). The van der Waals surface area contributed by atoms with Crippen molar-refractivity contribution in [1.82, 2.24) is 19.4 Å². The maximum Gasteiger partial charge on any atom is 0.336 e. The number of aromatic nitrogens is 3. The summed E-state index contributed by atoms with van der Waals surface area (Å²) in [6, 6.07) is 17.6. The van der Waals surface area contributed by atoms with E-state index in [-0.39, 0.29) is 12.5 Å². The number of aryl methyl sites for hydroxylation is 1. The lowest BCUT2D eigenvalue weighted by molar-refractivity contribution is -0.121. The largest absolute Gasteiger partial charge is 0.350 e. The number of carbonyl (C=O) groups excluding carboxylic acids is 1. The lowest BCUT2D eigenvalue weighted by Gasteiger charge is -2.14. The molecule has 0 saturated heterocycles. The molecule has 2 aromatic heterocycles. The monoisotopic (exact) mass is 400 g/mol. The molecule has 0 atom stereocenters. The highest BCUT2D eigenvalue weighted by Gasteiger charge is 2.16. The third kappa shape index (κ3) is 3.77. The van der Waals surface area contributed by atoms with Crippen LogP contribution in [0.3, 0.4) is 0 Å². The molecule has 7 heteroatoms. The zero-order valence-electron chi connectivity index (χ0n) is 16.4. The van der Waals surface area contributed by atoms with E-state index in [1.54, 1.807) is 60.9 Å². The highest BCUT2D eigenvalue weighted by atomic mass is 16.2. The molecule has 0 spiro atoms. The third-order valence-corrected chi connectivity index (χ3v) is 4.82. The molecule has 0 aliphatic heterocycles. The molecule has 2 aromatic carbocycles. The molecule has 0 aliphatic rings. The number of carbonyl (C=O) groups is 1. The number of benzene rings is 2. The topological polar surface area (TPSA) is 86.0 Å². The Kier molecular flexibility index (Phi) is 5.26. The van der Waals surface area contributed by atoms with Crippen LogP contribution < -0.4 is 16.6 Å². The van der Waals surface area contributed by atoms with Gasteiger partial charge in [0.2, 0.25) is 5.91 Å². The van der Waals surface area contributed by atoms with E-state index < -0.39 is 11.2 Å². The minimum atomic E-state index is -0.555. The van der Waals surface area contributed by atoms with Crippen molar-refractivity contribution in [3.8, 4) is 5.69 Å². The molecule has 0 aliphatic carbocycles. The Morgan fingerprint density at radius 3 is 2.63 bits per heavy atom. The number of pyridine rings is 1. The average molecular weight is 400 g/mol. The Labute approximate surface area is 172 Å². The molecule has 2 heterocycles. The number of rotatable bonds is 5. The predicted molar refractivity (Wildman–Crippen MR) is 115 cm³/mol. The first-order chi connectivity index (χ1) is 14.5. The van der Waals surface area contributed by atoms with Gasteiger partial charge < -0.3 is 5.32 Å². The maximum absolute atomic E-state index is 13.3. The lowest BCUT2D eigenvalue weighted by Crippen LogP contribution is -2.41. The summed E-state index contributed by atoms with van der Waals surface area (Å²) in [5, 5.41) is 3.17. The number of hydrogen-bond acceptors (Lipinski definition) is 4. The van der Waals surface area contributed by atoms with Crippen molar-refractivity contribution in [2.75, 3.05) is 0 Å². The van der Waals surface area contributed by atoms with Crippen LogP contribution in [0.15, 0.2) is 82.6 Å². The van der Waals surface area contributed by atoms with E-state index in [0.29, 0.717) is 23.1 Å². The summed E-state index contributed by atoms with van der Waals surface area (Å²) < 4.78 is 2.45. The van der Waals surface area contributed by atoms with Crippen molar-refractivity contribution in [3.05, 3.63) is 105 Å². The second-order valence-corrected chi connectivity index (χ2v) is 7.00. The first-order valence-corrected chi connectivity index (χ1v) is 9.52. The van der Waals surface area contributed by atoms with Crippen molar-refractivity contribution in [2.24, 2.45) is 0 Å². The van der Waals surface area contributed by atoms with Gasteiger partial charge >= 0.3 is 5.69 Å². The molecule has 150 valence electrons. The third-order valence-electron chi connectivity index (χ3n) is 4.82. The average Bonchev–Trinajstić information content (AvgIpc) is 2.76. The zero-order valence-corrected chi connectivity index (χ0v) is 16.4. The number of fused-ring (bicyclic) bond motifs is 1. The molecule has 1 N–H and O–H groups in total. The van der Waals surface area contributed by atoms with Gasteiger partial charge in [-0.25, -0.2) is 9.36 Å². The van der Waals surface area contributed by atoms with Gasteiger partial charge in [0.25, 0.3) is 5.56 Å². The van der Waals surface area contributed by atoms with Crippen LogP contribution in [0.5, 0.6) is 0 Å². The Balaban J connectivity index is 1.76. The molecule has 1 amide bonds. The fraction of sp³-hybridized carbons (Fsp3) is 0.130.